The molecule has 0 aromatic carbocycles. The van der Waals surface area contributed by atoms with E-state index < -0.39 is 0 Å². The van der Waals surface area contributed by atoms with Gasteiger partial charge in [-0.05, 0) is 19.4 Å². The van der Waals surface area contributed by atoms with Crippen LogP contribution in [-0.2, 0) is 0 Å². The highest BCUT2D eigenvalue weighted by Gasteiger charge is 1.89. The van der Waals surface area contributed by atoms with Crippen LogP contribution in [0.2, 0.25) is 0 Å². The zero-order valence-corrected chi connectivity index (χ0v) is 7.32. The van der Waals surface area contributed by atoms with Crippen molar-refractivity contribution < 1.29 is 0 Å². The standard InChI is InChI=1S/C7H14N2S/c1-3-5-7(6-4-2)9-10-8/h3,5H,4,6,8H2,1-2H3/b5-3-,9-7+. The molecule has 2 N–H and O–H groups in total. The highest BCUT2D eigenvalue weighted by Crippen LogP contribution is 1.99. The van der Waals surface area contributed by atoms with E-state index in [0.717, 1.165) is 30.7 Å². The Morgan fingerprint density at radius 2 is 2.40 bits per heavy atom. The molecule has 0 amide bonds. The fraction of sp³-hybridized carbons (Fsp3) is 0.571. The van der Waals surface area contributed by atoms with Gasteiger partial charge in [-0.25, -0.2) is 4.40 Å². The smallest absolute Gasteiger partial charge is 0.0558 e. The van der Waals surface area contributed by atoms with Crippen LogP contribution >= 0.6 is 12.1 Å². The second-order valence-electron chi connectivity index (χ2n) is 1.94. The van der Waals surface area contributed by atoms with Gasteiger partial charge >= 0.3 is 0 Å². The summed E-state index contributed by atoms with van der Waals surface area (Å²) in [5.41, 5.74) is 1.07. The van der Waals surface area contributed by atoms with Crippen molar-refractivity contribution in [1.29, 1.82) is 0 Å². The van der Waals surface area contributed by atoms with Crippen LogP contribution < -0.4 is 5.14 Å². The van der Waals surface area contributed by atoms with Crippen molar-refractivity contribution in [3.63, 3.8) is 0 Å². The Kier molecular flexibility index (Phi) is 6.64. The maximum Gasteiger partial charge on any atom is 0.0558 e. The molecule has 0 saturated carbocycles. The summed E-state index contributed by atoms with van der Waals surface area (Å²) in [6, 6.07) is 0. The van der Waals surface area contributed by atoms with E-state index in [0.29, 0.717) is 0 Å². The molecule has 0 aromatic heterocycles. The van der Waals surface area contributed by atoms with Crippen LogP contribution in [0.4, 0.5) is 0 Å². The van der Waals surface area contributed by atoms with Gasteiger partial charge in [-0.15, -0.1) is 0 Å². The number of nitrogens with zero attached hydrogens (tertiary/aromatic N) is 1. The molecular formula is C7H14N2S. The molecule has 0 aliphatic carbocycles. The molecule has 0 spiro atoms. The van der Waals surface area contributed by atoms with E-state index in [1.807, 2.05) is 19.1 Å². The maximum absolute atomic E-state index is 5.19. The average molecular weight is 158 g/mol. The van der Waals surface area contributed by atoms with E-state index in [-0.39, 0.29) is 0 Å². The first-order chi connectivity index (χ1) is 4.85. The molecule has 3 heteroatoms. The monoisotopic (exact) mass is 158 g/mol. The normalized spacial score (nSPS) is 12.9. The largest absolute Gasteiger partial charge is 0.258 e. The molecular weight excluding hydrogens is 144 g/mol. The van der Waals surface area contributed by atoms with Crippen molar-refractivity contribution in [2.24, 2.45) is 9.54 Å². The summed E-state index contributed by atoms with van der Waals surface area (Å²) in [6.45, 7) is 4.10. The molecule has 0 rings (SSSR count). The Morgan fingerprint density at radius 3 is 2.80 bits per heavy atom. The molecule has 0 radical (unpaired) electrons. The predicted octanol–water partition coefficient (Wildman–Crippen LogP) is 2.33. The van der Waals surface area contributed by atoms with Crippen LogP contribution in [0.25, 0.3) is 0 Å². The minimum absolute atomic E-state index is 1.01. The molecule has 0 atom stereocenters. The second-order valence-corrected chi connectivity index (χ2v) is 2.33. The van der Waals surface area contributed by atoms with E-state index >= 15 is 0 Å². The van der Waals surface area contributed by atoms with Crippen LogP contribution in [0.1, 0.15) is 26.7 Å². The SMILES string of the molecule is C/C=C\C(CCC)=N/SN. The third-order valence-electron chi connectivity index (χ3n) is 1.04. The summed E-state index contributed by atoms with van der Waals surface area (Å²) >= 11 is 1.03. The average Bonchev–Trinajstić information content (AvgIpc) is 1.90. The van der Waals surface area contributed by atoms with Gasteiger partial charge in [0.05, 0.1) is 12.1 Å². The van der Waals surface area contributed by atoms with Gasteiger partial charge in [0.15, 0.2) is 0 Å². The van der Waals surface area contributed by atoms with Crippen molar-refractivity contribution in [1.82, 2.24) is 0 Å². The summed E-state index contributed by atoms with van der Waals surface area (Å²) in [5.74, 6) is 0. The minimum Gasteiger partial charge on any atom is -0.258 e. The van der Waals surface area contributed by atoms with Gasteiger partial charge in [0.1, 0.15) is 0 Å². The zero-order chi connectivity index (χ0) is 7.82. The molecule has 0 unspecified atom stereocenters. The lowest BCUT2D eigenvalue weighted by molar-refractivity contribution is 0.999. The van der Waals surface area contributed by atoms with Crippen LogP contribution in [0.5, 0.6) is 0 Å². The maximum atomic E-state index is 5.19. The second kappa shape index (κ2) is 6.83. The Morgan fingerprint density at radius 1 is 1.70 bits per heavy atom. The van der Waals surface area contributed by atoms with Crippen molar-refractivity contribution in [2.75, 3.05) is 0 Å². The lowest BCUT2D eigenvalue weighted by atomic mass is 10.2. The number of nitrogens with two attached hydrogens (primary N) is 1. The molecule has 0 aliphatic heterocycles. The first-order valence-corrected chi connectivity index (χ1v) is 4.24. The van der Waals surface area contributed by atoms with Crippen molar-refractivity contribution in [3.8, 4) is 0 Å². The van der Waals surface area contributed by atoms with Gasteiger partial charge in [0, 0.05) is 5.71 Å². The fourth-order valence-electron chi connectivity index (χ4n) is 0.676. The number of rotatable bonds is 4. The van der Waals surface area contributed by atoms with E-state index in [2.05, 4.69) is 11.3 Å². The summed E-state index contributed by atoms with van der Waals surface area (Å²) in [6.07, 6.45) is 6.09. The molecule has 2 nitrogen and oxygen atoms in total. The predicted molar refractivity (Wildman–Crippen MR) is 48.9 cm³/mol. The van der Waals surface area contributed by atoms with Gasteiger partial charge in [0.2, 0.25) is 0 Å². The third-order valence-corrected chi connectivity index (χ3v) is 1.38. The molecule has 0 bridgehead atoms. The van der Waals surface area contributed by atoms with E-state index in [4.69, 9.17) is 5.14 Å². The Balaban J connectivity index is 3.84. The van der Waals surface area contributed by atoms with E-state index in [1.165, 1.54) is 0 Å². The number of hydrogen-bond donors (Lipinski definition) is 1. The summed E-state index contributed by atoms with van der Waals surface area (Å²) in [7, 11) is 0. The van der Waals surface area contributed by atoms with Gasteiger partial charge in [-0.2, -0.15) is 0 Å². The van der Waals surface area contributed by atoms with Crippen LogP contribution in [0.15, 0.2) is 16.5 Å². The summed E-state index contributed by atoms with van der Waals surface area (Å²) < 4.78 is 4.03. The molecule has 0 fully saturated rings. The summed E-state index contributed by atoms with van der Waals surface area (Å²) in [4.78, 5) is 0. The number of allylic oxidation sites excluding steroid dienone is 2. The Labute approximate surface area is 66.9 Å². The lowest BCUT2D eigenvalue weighted by Crippen LogP contribution is -1.91. The lowest BCUT2D eigenvalue weighted by Gasteiger charge is -1.94. The van der Waals surface area contributed by atoms with Gasteiger partial charge in [0.25, 0.3) is 0 Å². The topological polar surface area (TPSA) is 38.4 Å². The van der Waals surface area contributed by atoms with Crippen LogP contribution in [-0.4, -0.2) is 5.71 Å². The zero-order valence-electron chi connectivity index (χ0n) is 6.50. The van der Waals surface area contributed by atoms with E-state index in [1.54, 1.807) is 0 Å². The molecule has 0 saturated heterocycles. The van der Waals surface area contributed by atoms with Gasteiger partial charge in [-0.3, -0.25) is 5.14 Å². The van der Waals surface area contributed by atoms with Crippen molar-refractivity contribution in [3.05, 3.63) is 12.2 Å². The first-order valence-electron chi connectivity index (χ1n) is 3.40. The van der Waals surface area contributed by atoms with E-state index in [9.17, 15) is 0 Å². The van der Waals surface area contributed by atoms with Crippen LogP contribution in [0, 0.1) is 0 Å². The molecule has 10 heavy (non-hydrogen) atoms. The highest BCUT2D eigenvalue weighted by molar-refractivity contribution is 7.95. The minimum atomic E-state index is 1.01. The van der Waals surface area contributed by atoms with Crippen molar-refractivity contribution >= 4 is 17.8 Å². The summed E-state index contributed by atoms with van der Waals surface area (Å²) in [5, 5.41) is 5.19. The Hall–Kier alpha value is -0.280. The molecule has 0 aliphatic rings. The van der Waals surface area contributed by atoms with Crippen LogP contribution in [0.3, 0.4) is 0 Å². The third kappa shape index (κ3) is 4.58. The van der Waals surface area contributed by atoms with Gasteiger partial charge < -0.3 is 0 Å². The first kappa shape index (κ1) is 9.72. The molecule has 58 valence electrons. The quantitative estimate of drug-likeness (QED) is 0.503. The van der Waals surface area contributed by atoms with Gasteiger partial charge in [-0.1, -0.05) is 19.4 Å². The Bertz CT molecular complexity index is 130. The fourth-order valence-corrected chi connectivity index (χ4v) is 0.963. The number of hydrogen-bond acceptors (Lipinski definition) is 3. The van der Waals surface area contributed by atoms with Crippen molar-refractivity contribution in [2.45, 2.75) is 26.7 Å². The molecule has 0 heterocycles. The molecule has 0 aromatic rings. The highest BCUT2D eigenvalue weighted by atomic mass is 32.2.